The van der Waals surface area contributed by atoms with E-state index in [9.17, 15) is 5.11 Å². The standard InChI is InChI=1S/C26H47FO/c1-4-6-8-9-12-21-13-10-14-22(26(21)27)17-18-25(28)24-16-15-20(3)23(19-24)11-7-5-2/h14,20-21,23-26,28H,4-13,15-19H2,1-3H3/t20?,21?,23?,24?,25-,26?/m0/s1. The van der Waals surface area contributed by atoms with Crippen LogP contribution < -0.4 is 0 Å². The van der Waals surface area contributed by atoms with E-state index in [1.807, 2.05) is 0 Å². The lowest BCUT2D eigenvalue weighted by molar-refractivity contribution is 0.0435. The Morgan fingerprint density at radius 1 is 1.00 bits per heavy atom. The molecular weight excluding hydrogens is 347 g/mol. The molecule has 0 aliphatic heterocycles. The molecule has 0 aromatic carbocycles. The fourth-order valence-electron chi connectivity index (χ4n) is 5.63. The highest BCUT2D eigenvalue weighted by atomic mass is 19.1. The summed E-state index contributed by atoms with van der Waals surface area (Å²) in [4.78, 5) is 0. The van der Waals surface area contributed by atoms with Crippen molar-refractivity contribution in [3.63, 3.8) is 0 Å². The maximum atomic E-state index is 15.0. The van der Waals surface area contributed by atoms with Gasteiger partial charge < -0.3 is 5.11 Å². The highest BCUT2D eigenvalue weighted by Gasteiger charge is 2.32. The van der Waals surface area contributed by atoms with E-state index < -0.39 is 6.17 Å². The Balaban J connectivity index is 1.76. The molecule has 164 valence electrons. The van der Waals surface area contributed by atoms with E-state index in [1.165, 1.54) is 57.8 Å². The van der Waals surface area contributed by atoms with E-state index in [4.69, 9.17) is 0 Å². The summed E-state index contributed by atoms with van der Waals surface area (Å²) in [7, 11) is 0. The molecule has 1 nitrogen and oxygen atoms in total. The largest absolute Gasteiger partial charge is 0.393 e. The smallest absolute Gasteiger partial charge is 0.124 e. The first-order chi connectivity index (χ1) is 13.6. The van der Waals surface area contributed by atoms with E-state index in [2.05, 4.69) is 26.8 Å². The molecule has 0 aromatic rings. The lowest BCUT2D eigenvalue weighted by atomic mass is 9.70. The van der Waals surface area contributed by atoms with Gasteiger partial charge in [0.15, 0.2) is 0 Å². The number of allylic oxidation sites excluding steroid dienone is 2. The molecule has 2 heteroatoms. The lowest BCUT2D eigenvalue weighted by Gasteiger charge is -2.37. The van der Waals surface area contributed by atoms with E-state index >= 15 is 4.39 Å². The second-order valence-corrected chi connectivity index (χ2v) is 9.93. The molecule has 0 bridgehead atoms. The zero-order valence-electron chi connectivity index (χ0n) is 19.0. The van der Waals surface area contributed by atoms with Crippen LogP contribution in [0, 0.1) is 23.7 Å². The van der Waals surface area contributed by atoms with Crippen molar-refractivity contribution in [2.45, 2.75) is 129 Å². The fraction of sp³-hybridized carbons (Fsp3) is 0.923. The summed E-state index contributed by atoms with van der Waals surface area (Å²) in [5.41, 5.74) is 0.998. The number of hydrogen-bond donors (Lipinski definition) is 1. The van der Waals surface area contributed by atoms with Crippen LogP contribution in [0.1, 0.15) is 117 Å². The highest BCUT2D eigenvalue weighted by molar-refractivity contribution is 5.13. The Morgan fingerprint density at radius 2 is 1.75 bits per heavy atom. The van der Waals surface area contributed by atoms with Crippen LogP contribution in [0.25, 0.3) is 0 Å². The van der Waals surface area contributed by atoms with Gasteiger partial charge in [0.25, 0.3) is 0 Å². The fourth-order valence-corrected chi connectivity index (χ4v) is 5.63. The van der Waals surface area contributed by atoms with Crippen molar-refractivity contribution in [1.29, 1.82) is 0 Å². The van der Waals surface area contributed by atoms with Gasteiger partial charge in [-0.05, 0) is 74.2 Å². The van der Waals surface area contributed by atoms with Gasteiger partial charge in [-0.3, -0.25) is 0 Å². The minimum Gasteiger partial charge on any atom is -0.393 e. The van der Waals surface area contributed by atoms with Crippen molar-refractivity contribution in [3.8, 4) is 0 Å². The van der Waals surface area contributed by atoms with Crippen LogP contribution in [0.3, 0.4) is 0 Å². The summed E-state index contributed by atoms with van der Waals surface area (Å²) >= 11 is 0. The Morgan fingerprint density at radius 3 is 2.50 bits per heavy atom. The molecule has 2 aliphatic rings. The summed E-state index contributed by atoms with van der Waals surface area (Å²) in [6, 6.07) is 0. The van der Waals surface area contributed by atoms with Crippen molar-refractivity contribution in [2.75, 3.05) is 0 Å². The van der Waals surface area contributed by atoms with Crippen molar-refractivity contribution in [3.05, 3.63) is 11.6 Å². The lowest BCUT2D eigenvalue weighted by Crippen LogP contribution is -2.31. The third kappa shape index (κ3) is 7.47. The number of hydrogen-bond acceptors (Lipinski definition) is 1. The van der Waals surface area contributed by atoms with Gasteiger partial charge in [-0.15, -0.1) is 0 Å². The van der Waals surface area contributed by atoms with Crippen LogP contribution in [-0.2, 0) is 0 Å². The Kier molecular flexibility index (Phi) is 11.1. The molecule has 1 saturated carbocycles. The Bertz CT molecular complexity index is 446. The number of alkyl halides is 1. The average molecular weight is 395 g/mol. The van der Waals surface area contributed by atoms with E-state index in [0.717, 1.165) is 55.9 Å². The molecule has 2 aliphatic carbocycles. The molecule has 0 saturated heterocycles. The molecular formula is C26H47FO. The molecule has 1 N–H and O–H groups in total. The zero-order chi connectivity index (χ0) is 20.4. The molecule has 5 unspecified atom stereocenters. The van der Waals surface area contributed by atoms with E-state index in [-0.39, 0.29) is 12.0 Å². The molecule has 1 fully saturated rings. The van der Waals surface area contributed by atoms with Crippen LogP contribution in [0.4, 0.5) is 4.39 Å². The topological polar surface area (TPSA) is 20.2 Å². The molecule has 0 amide bonds. The number of unbranched alkanes of at least 4 members (excludes halogenated alkanes) is 4. The van der Waals surface area contributed by atoms with Crippen LogP contribution >= 0.6 is 0 Å². The van der Waals surface area contributed by atoms with Crippen molar-refractivity contribution >= 4 is 0 Å². The van der Waals surface area contributed by atoms with Gasteiger partial charge in [-0.1, -0.05) is 78.2 Å². The summed E-state index contributed by atoms with van der Waals surface area (Å²) in [6.07, 6.45) is 18.2. The van der Waals surface area contributed by atoms with Gasteiger partial charge in [-0.25, -0.2) is 4.39 Å². The molecule has 28 heavy (non-hydrogen) atoms. The number of aliphatic hydroxyl groups excluding tert-OH is 1. The summed E-state index contributed by atoms with van der Waals surface area (Å²) in [5.74, 6) is 2.25. The van der Waals surface area contributed by atoms with Crippen LogP contribution in [0.5, 0.6) is 0 Å². The zero-order valence-corrected chi connectivity index (χ0v) is 19.0. The second-order valence-electron chi connectivity index (χ2n) is 9.93. The van der Waals surface area contributed by atoms with Gasteiger partial charge in [-0.2, -0.15) is 0 Å². The number of halogens is 1. The molecule has 0 heterocycles. The first-order valence-corrected chi connectivity index (χ1v) is 12.6. The Hall–Kier alpha value is -0.370. The highest BCUT2D eigenvalue weighted by Crippen LogP contribution is 2.40. The monoisotopic (exact) mass is 394 g/mol. The van der Waals surface area contributed by atoms with E-state index in [0.29, 0.717) is 5.92 Å². The quantitative estimate of drug-likeness (QED) is 0.262. The summed E-state index contributed by atoms with van der Waals surface area (Å²) in [6.45, 7) is 6.88. The average Bonchev–Trinajstić information content (AvgIpc) is 2.70. The predicted molar refractivity (Wildman–Crippen MR) is 119 cm³/mol. The van der Waals surface area contributed by atoms with Crippen LogP contribution in [0.2, 0.25) is 0 Å². The number of aliphatic hydroxyl groups is 1. The molecule has 0 aromatic heterocycles. The van der Waals surface area contributed by atoms with Gasteiger partial charge >= 0.3 is 0 Å². The van der Waals surface area contributed by atoms with Gasteiger partial charge in [0.05, 0.1) is 6.10 Å². The SMILES string of the molecule is CCCCCCC1CCC=C(CC[C@H](O)C2CCC(C)C(CCCC)C2)C1F. The maximum absolute atomic E-state index is 15.0. The normalized spacial score (nSPS) is 32.2. The first kappa shape index (κ1) is 23.9. The van der Waals surface area contributed by atoms with Gasteiger partial charge in [0, 0.05) is 0 Å². The minimum absolute atomic E-state index is 0.225. The third-order valence-electron chi connectivity index (χ3n) is 7.74. The molecule has 0 radical (unpaired) electrons. The minimum atomic E-state index is -0.758. The van der Waals surface area contributed by atoms with Gasteiger partial charge in [0.1, 0.15) is 6.17 Å². The maximum Gasteiger partial charge on any atom is 0.124 e. The molecule has 6 atom stereocenters. The van der Waals surface area contributed by atoms with Crippen molar-refractivity contribution in [2.24, 2.45) is 23.7 Å². The summed E-state index contributed by atoms with van der Waals surface area (Å²) in [5, 5.41) is 10.8. The third-order valence-corrected chi connectivity index (χ3v) is 7.74. The van der Waals surface area contributed by atoms with Crippen LogP contribution in [0.15, 0.2) is 11.6 Å². The second kappa shape index (κ2) is 13.0. The van der Waals surface area contributed by atoms with Crippen molar-refractivity contribution < 1.29 is 9.50 Å². The van der Waals surface area contributed by atoms with E-state index in [1.54, 1.807) is 0 Å². The Labute approximate surface area is 174 Å². The summed E-state index contributed by atoms with van der Waals surface area (Å²) < 4.78 is 15.0. The van der Waals surface area contributed by atoms with Crippen molar-refractivity contribution in [1.82, 2.24) is 0 Å². The number of rotatable bonds is 12. The predicted octanol–water partition coefficient (Wildman–Crippen LogP) is 8.02. The molecule has 2 rings (SSSR count). The van der Waals surface area contributed by atoms with Crippen LogP contribution in [-0.4, -0.2) is 17.4 Å². The first-order valence-electron chi connectivity index (χ1n) is 12.6. The molecule has 0 spiro atoms. The van der Waals surface area contributed by atoms with Gasteiger partial charge in [0.2, 0.25) is 0 Å².